The predicted octanol–water partition coefficient (Wildman–Crippen LogP) is 4.37. The summed E-state index contributed by atoms with van der Waals surface area (Å²) in [5, 5.41) is 7.71. The molecule has 0 bridgehead atoms. The SMILES string of the molecule is Cc1c(Cl)cnn1CC(=O)Nc1ccc(Cl)cc1C(=O)c1ccccc1. The normalized spacial score (nSPS) is 10.6. The number of halogens is 2. The molecule has 1 amide bonds. The first-order chi connectivity index (χ1) is 12.5. The lowest BCUT2D eigenvalue weighted by Crippen LogP contribution is -2.21. The molecule has 3 aromatic rings. The molecule has 5 nitrogen and oxygen atoms in total. The average molecular weight is 388 g/mol. The zero-order valence-corrected chi connectivity index (χ0v) is 15.4. The van der Waals surface area contributed by atoms with Gasteiger partial charge in [-0.1, -0.05) is 53.5 Å². The van der Waals surface area contributed by atoms with Crippen molar-refractivity contribution < 1.29 is 9.59 Å². The van der Waals surface area contributed by atoms with Crippen LogP contribution in [0.4, 0.5) is 5.69 Å². The van der Waals surface area contributed by atoms with Crippen molar-refractivity contribution >= 4 is 40.6 Å². The van der Waals surface area contributed by atoms with Gasteiger partial charge in [-0.2, -0.15) is 5.10 Å². The summed E-state index contributed by atoms with van der Waals surface area (Å²) in [6, 6.07) is 13.6. The van der Waals surface area contributed by atoms with E-state index in [0.717, 1.165) is 0 Å². The van der Waals surface area contributed by atoms with Crippen LogP contribution >= 0.6 is 23.2 Å². The van der Waals surface area contributed by atoms with E-state index in [9.17, 15) is 9.59 Å². The number of nitrogens with one attached hydrogen (secondary N) is 1. The molecular formula is C19H15Cl2N3O2. The van der Waals surface area contributed by atoms with Crippen LogP contribution in [0.25, 0.3) is 0 Å². The zero-order valence-electron chi connectivity index (χ0n) is 13.9. The van der Waals surface area contributed by atoms with Gasteiger partial charge in [-0.3, -0.25) is 14.3 Å². The molecule has 2 aromatic carbocycles. The third-order valence-corrected chi connectivity index (χ3v) is 4.48. The van der Waals surface area contributed by atoms with E-state index in [1.165, 1.54) is 10.9 Å². The number of hydrogen-bond acceptors (Lipinski definition) is 3. The first-order valence-corrected chi connectivity index (χ1v) is 8.58. The first-order valence-electron chi connectivity index (χ1n) is 7.83. The lowest BCUT2D eigenvalue weighted by molar-refractivity contribution is -0.116. The molecule has 26 heavy (non-hydrogen) atoms. The van der Waals surface area contributed by atoms with Crippen molar-refractivity contribution in [1.82, 2.24) is 9.78 Å². The molecule has 0 fully saturated rings. The van der Waals surface area contributed by atoms with Crippen molar-refractivity contribution in [2.24, 2.45) is 0 Å². The van der Waals surface area contributed by atoms with E-state index < -0.39 is 0 Å². The summed E-state index contributed by atoms with van der Waals surface area (Å²) in [6.07, 6.45) is 1.48. The van der Waals surface area contributed by atoms with E-state index in [4.69, 9.17) is 23.2 Å². The van der Waals surface area contributed by atoms with Crippen molar-refractivity contribution in [3.63, 3.8) is 0 Å². The van der Waals surface area contributed by atoms with E-state index >= 15 is 0 Å². The quantitative estimate of drug-likeness (QED) is 0.661. The third-order valence-electron chi connectivity index (χ3n) is 3.87. The van der Waals surface area contributed by atoms with E-state index in [-0.39, 0.29) is 18.2 Å². The standard InChI is InChI=1S/C19H15Cl2N3O2/c1-12-16(21)10-22-24(12)11-18(25)23-17-8-7-14(20)9-15(17)19(26)13-5-3-2-4-6-13/h2-10H,11H2,1H3,(H,23,25). The fourth-order valence-electron chi connectivity index (χ4n) is 2.47. The number of hydrogen-bond donors (Lipinski definition) is 1. The van der Waals surface area contributed by atoms with Crippen molar-refractivity contribution in [3.05, 3.63) is 81.6 Å². The van der Waals surface area contributed by atoms with Crippen LogP contribution in [0.5, 0.6) is 0 Å². The smallest absolute Gasteiger partial charge is 0.246 e. The van der Waals surface area contributed by atoms with Crippen LogP contribution in [-0.2, 0) is 11.3 Å². The predicted molar refractivity (Wildman–Crippen MR) is 102 cm³/mol. The molecule has 7 heteroatoms. The highest BCUT2D eigenvalue weighted by Gasteiger charge is 2.17. The first kappa shape index (κ1) is 18.2. The number of ketones is 1. The lowest BCUT2D eigenvalue weighted by Gasteiger charge is -2.12. The van der Waals surface area contributed by atoms with Gasteiger partial charge in [0.05, 0.1) is 22.6 Å². The fourth-order valence-corrected chi connectivity index (χ4v) is 2.78. The summed E-state index contributed by atoms with van der Waals surface area (Å²) < 4.78 is 1.49. The van der Waals surface area contributed by atoms with Gasteiger partial charge in [0.25, 0.3) is 0 Å². The van der Waals surface area contributed by atoms with E-state index in [1.807, 2.05) is 6.07 Å². The number of anilines is 1. The van der Waals surface area contributed by atoms with Crippen LogP contribution < -0.4 is 5.32 Å². The Hall–Kier alpha value is -2.63. The zero-order chi connectivity index (χ0) is 18.7. The molecule has 0 saturated heterocycles. The maximum absolute atomic E-state index is 12.8. The molecule has 0 aliphatic heterocycles. The molecule has 3 rings (SSSR count). The van der Waals surface area contributed by atoms with Gasteiger partial charge in [-0.15, -0.1) is 0 Å². The summed E-state index contributed by atoms with van der Waals surface area (Å²) in [6.45, 7) is 1.76. The lowest BCUT2D eigenvalue weighted by atomic mass is 10.0. The number of benzene rings is 2. The number of aromatic nitrogens is 2. The Balaban J connectivity index is 1.85. The highest BCUT2D eigenvalue weighted by atomic mass is 35.5. The minimum Gasteiger partial charge on any atom is -0.324 e. The number of amides is 1. The van der Waals surface area contributed by atoms with Gasteiger partial charge in [0.15, 0.2) is 5.78 Å². The summed E-state index contributed by atoms with van der Waals surface area (Å²) in [4.78, 5) is 25.2. The fraction of sp³-hybridized carbons (Fsp3) is 0.105. The van der Waals surface area contributed by atoms with Gasteiger partial charge in [0.1, 0.15) is 6.54 Å². The topological polar surface area (TPSA) is 64.0 Å². The number of rotatable bonds is 5. The molecule has 0 radical (unpaired) electrons. The van der Waals surface area contributed by atoms with Gasteiger partial charge >= 0.3 is 0 Å². The van der Waals surface area contributed by atoms with Crippen LogP contribution in [0.3, 0.4) is 0 Å². The van der Waals surface area contributed by atoms with E-state index in [1.54, 1.807) is 49.4 Å². The Labute approximate surface area is 160 Å². The summed E-state index contributed by atoms with van der Waals surface area (Å²) in [5.74, 6) is -0.543. The second kappa shape index (κ2) is 7.72. The molecule has 0 aliphatic rings. The van der Waals surface area contributed by atoms with E-state index in [2.05, 4.69) is 10.4 Å². The number of carbonyl (C=O) groups is 2. The van der Waals surface area contributed by atoms with Crippen molar-refractivity contribution in [2.45, 2.75) is 13.5 Å². The Morgan fingerprint density at radius 2 is 1.85 bits per heavy atom. The van der Waals surface area contributed by atoms with Crippen LogP contribution in [0.15, 0.2) is 54.7 Å². The summed E-state index contributed by atoms with van der Waals surface area (Å²) in [7, 11) is 0. The van der Waals surface area contributed by atoms with Crippen LogP contribution in [-0.4, -0.2) is 21.5 Å². The van der Waals surface area contributed by atoms with Crippen molar-refractivity contribution in [3.8, 4) is 0 Å². The van der Waals surface area contributed by atoms with Gasteiger partial charge < -0.3 is 5.32 Å². The summed E-state index contributed by atoms with van der Waals surface area (Å²) in [5.41, 5.74) is 1.93. The maximum atomic E-state index is 12.8. The van der Waals surface area contributed by atoms with Crippen LogP contribution in [0.1, 0.15) is 21.6 Å². The molecule has 1 N–H and O–H groups in total. The minimum atomic E-state index is -0.322. The number of carbonyl (C=O) groups excluding carboxylic acids is 2. The van der Waals surface area contributed by atoms with Gasteiger partial charge in [0.2, 0.25) is 5.91 Å². The van der Waals surface area contributed by atoms with Gasteiger partial charge in [-0.05, 0) is 25.1 Å². The largest absolute Gasteiger partial charge is 0.324 e. The molecule has 132 valence electrons. The van der Waals surface area contributed by atoms with Crippen LogP contribution in [0, 0.1) is 6.92 Å². The number of nitrogens with zero attached hydrogens (tertiary/aromatic N) is 2. The highest BCUT2D eigenvalue weighted by molar-refractivity contribution is 6.31. The Kier molecular flexibility index (Phi) is 5.40. The molecule has 0 unspecified atom stereocenters. The molecule has 0 atom stereocenters. The van der Waals surface area contributed by atoms with Crippen LogP contribution in [0.2, 0.25) is 10.0 Å². The second-order valence-electron chi connectivity index (χ2n) is 5.67. The third kappa shape index (κ3) is 3.95. The Bertz CT molecular complexity index is 968. The van der Waals surface area contributed by atoms with Crippen molar-refractivity contribution in [1.29, 1.82) is 0 Å². The highest BCUT2D eigenvalue weighted by Crippen LogP contribution is 2.24. The maximum Gasteiger partial charge on any atom is 0.246 e. The molecule has 0 spiro atoms. The van der Waals surface area contributed by atoms with Gasteiger partial charge in [-0.25, -0.2) is 0 Å². The molecular weight excluding hydrogens is 373 g/mol. The second-order valence-corrected chi connectivity index (χ2v) is 6.51. The molecule has 1 heterocycles. The average Bonchev–Trinajstić information content (AvgIpc) is 2.95. The molecule has 0 saturated carbocycles. The monoisotopic (exact) mass is 387 g/mol. The Morgan fingerprint density at radius 1 is 1.12 bits per heavy atom. The van der Waals surface area contributed by atoms with Gasteiger partial charge in [0, 0.05) is 16.1 Å². The molecule has 0 aliphatic carbocycles. The molecule has 1 aromatic heterocycles. The van der Waals surface area contributed by atoms with Crippen molar-refractivity contribution in [2.75, 3.05) is 5.32 Å². The Morgan fingerprint density at radius 3 is 2.50 bits per heavy atom. The van der Waals surface area contributed by atoms with E-state index in [0.29, 0.717) is 32.6 Å². The minimum absolute atomic E-state index is 0.0137. The summed E-state index contributed by atoms with van der Waals surface area (Å²) >= 11 is 12.0.